The standard InChI is InChI=1S/C13H21NO3/c1-4-13(3,17)8-14-9(2)11-7-10(15)5-6-12(11)16/h5-7,9,14-17H,4,8H2,1-3H3. The molecule has 0 aliphatic heterocycles. The Bertz CT molecular complexity index is 377. The van der Waals surface area contributed by atoms with Gasteiger partial charge < -0.3 is 20.6 Å². The summed E-state index contributed by atoms with van der Waals surface area (Å²) in [6.07, 6.45) is 0.652. The molecule has 0 fully saturated rings. The molecule has 1 rings (SSSR count). The molecule has 1 aromatic rings. The zero-order valence-electron chi connectivity index (χ0n) is 10.6. The summed E-state index contributed by atoms with van der Waals surface area (Å²) in [6.45, 7) is 5.98. The molecule has 2 atom stereocenters. The quantitative estimate of drug-likeness (QED) is 0.592. The van der Waals surface area contributed by atoms with E-state index in [9.17, 15) is 15.3 Å². The first-order valence-corrected chi connectivity index (χ1v) is 5.83. The van der Waals surface area contributed by atoms with Gasteiger partial charge in [-0.25, -0.2) is 0 Å². The molecular weight excluding hydrogens is 218 g/mol. The highest BCUT2D eigenvalue weighted by atomic mass is 16.3. The van der Waals surface area contributed by atoms with Crippen LogP contribution < -0.4 is 5.32 Å². The van der Waals surface area contributed by atoms with Crippen molar-refractivity contribution in [1.82, 2.24) is 5.32 Å². The summed E-state index contributed by atoms with van der Waals surface area (Å²) in [5, 5.41) is 32.1. The third-order valence-corrected chi connectivity index (χ3v) is 3.03. The lowest BCUT2D eigenvalue weighted by Gasteiger charge is -2.25. The number of phenolic OH excluding ortho intramolecular Hbond substituents is 2. The molecule has 0 aliphatic carbocycles. The summed E-state index contributed by atoms with van der Waals surface area (Å²) in [6, 6.07) is 4.28. The molecule has 17 heavy (non-hydrogen) atoms. The second-order valence-electron chi connectivity index (χ2n) is 4.70. The van der Waals surface area contributed by atoms with Crippen LogP contribution >= 0.6 is 0 Å². The number of nitrogens with one attached hydrogen (secondary N) is 1. The topological polar surface area (TPSA) is 72.7 Å². The Hall–Kier alpha value is -1.26. The highest BCUT2D eigenvalue weighted by molar-refractivity contribution is 5.40. The predicted octanol–water partition coefficient (Wildman–Crippen LogP) is 1.91. The van der Waals surface area contributed by atoms with Crippen LogP contribution in [0.1, 0.15) is 38.8 Å². The number of hydrogen-bond acceptors (Lipinski definition) is 4. The molecule has 4 N–H and O–H groups in total. The molecule has 2 unspecified atom stereocenters. The molecule has 0 heterocycles. The van der Waals surface area contributed by atoms with E-state index >= 15 is 0 Å². The molecule has 0 aliphatic rings. The average Bonchev–Trinajstić information content (AvgIpc) is 2.29. The molecule has 0 radical (unpaired) electrons. The normalized spacial score (nSPS) is 16.5. The summed E-state index contributed by atoms with van der Waals surface area (Å²) >= 11 is 0. The molecule has 0 saturated heterocycles. The van der Waals surface area contributed by atoms with Crippen LogP contribution in [0.3, 0.4) is 0 Å². The SMILES string of the molecule is CCC(C)(O)CNC(C)c1cc(O)ccc1O. The Balaban J connectivity index is 2.70. The maximum Gasteiger partial charge on any atom is 0.120 e. The largest absolute Gasteiger partial charge is 0.508 e. The van der Waals surface area contributed by atoms with Gasteiger partial charge in [-0.1, -0.05) is 6.92 Å². The smallest absolute Gasteiger partial charge is 0.120 e. The molecular formula is C13H21NO3. The first kappa shape index (κ1) is 13.8. The van der Waals surface area contributed by atoms with Crippen LogP contribution in [-0.2, 0) is 0 Å². The Morgan fingerprint density at radius 1 is 1.35 bits per heavy atom. The van der Waals surface area contributed by atoms with Crippen molar-refractivity contribution in [3.05, 3.63) is 23.8 Å². The Kier molecular flexibility index (Phi) is 4.37. The lowest BCUT2D eigenvalue weighted by atomic mass is 10.0. The Morgan fingerprint density at radius 2 is 2.00 bits per heavy atom. The number of aromatic hydroxyl groups is 2. The van der Waals surface area contributed by atoms with Crippen molar-refractivity contribution in [1.29, 1.82) is 0 Å². The van der Waals surface area contributed by atoms with Crippen LogP contribution in [0, 0.1) is 0 Å². The summed E-state index contributed by atoms with van der Waals surface area (Å²) in [5.41, 5.74) is -0.141. The van der Waals surface area contributed by atoms with Crippen LogP contribution in [0.4, 0.5) is 0 Å². The van der Waals surface area contributed by atoms with Crippen molar-refractivity contribution in [2.24, 2.45) is 0 Å². The van der Waals surface area contributed by atoms with Crippen LogP contribution in [0.2, 0.25) is 0 Å². The van der Waals surface area contributed by atoms with Gasteiger partial charge in [-0.3, -0.25) is 0 Å². The minimum Gasteiger partial charge on any atom is -0.508 e. The van der Waals surface area contributed by atoms with E-state index < -0.39 is 5.60 Å². The molecule has 0 aromatic heterocycles. The van der Waals surface area contributed by atoms with Crippen LogP contribution in [0.15, 0.2) is 18.2 Å². The number of phenols is 2. The van der Waals surface area contributed by atoms with Crippen molar-refractivity contribution in [2.75, 3.05) is 6.54 Å². The zero-order chi connectivity index (χ0) is 13.1. The highest BCUT2D eigenvalue weighted by Gasteiger charge is 2.19. The van der Waals surface area contributed by atoms with E-state index in [0.717, 1.165) is 0 Å². The third kappa shape index (κ3) is 3.91. The van der Waals surface area contributed by atoms with Gasteiger partial charge in [0.25, 0.3) is 0 Å². The fourth-order valence-corrected chi connectivity index (χ4v) is 1.50. The summed E-state index contributed by atoms with van der Waals surface area (Å²) < 4.78 is 0. The maximum absolute atomic E-state index is 9.87. The second kappa shape index (κ2) is 5.38. The Labute approximate surface area is 102 Å². The first-order valence-electron chi connectivity index (χ1n) is 5.83. The minimum atomic E-state index is -0.763. The van der Waals surface area contributed by atoms with E-state index in [4.69, 9.17) is 0 Å². The molecule has 1 aromatic carbocycles. The number of benzene rings is 1. The van der Waals surface area contributed by atoms with E-state index in [1.165, 1.54) is 18.2 Å². The van der Waals surface area contributed by atoms with Gasteiger partial charge >= 0.3 is 0 Å². The van der Waals surface area contributed by atoms with Gasteiger partial charge in [-0.05, 0) is 38.5 Å². The van der Waals surface area contributed by atoms with Gasteiger partial charge in [0.05, 0.1) is 5.60 Å². The fraction of sp³-hybridized carbons (Fsp3) is 0.538. The lowest BCUT2D eigenvalue weighted by molar-refractivity contribution is 0.0533. The molecule has 0 spiro atoms. The molecule has 4 heteroatoms. The van der Waals surface area contributed by atoms with Crippen LogP contribution in [0.5, 0.6) is 11.5 Å². The molecule has 0 amide bonds. The number of aliphatic hydroxyl groups is 1. The van der Waals surface area contributed by atoms with E-state index in [1.807, 2.05) is 13.8 Å². The van der Waals surface area contributed by atoms with Gasteiger partial charge in [0.2, 0.25) is 0 Å². The maximum atomic E-state index is 9.87. The van der Waals surface area contributed by atoms with Gasteiger partial charge in [0, 0.05) is 18.2 Å². The van der Waals surface area contributed by atoms with E-state index in [-0.39, 0.29) is 17.5 Å². The molecule has 0 saturated carbocycles. The van der Waals surface area contributed by atoms with E-state index in [2.05, 4.69) is 5.32 Å². The predicted molar refractivity (Wildman–Crippen MR) is 67.1 cm³/mol. The van der Waals surface area contributed by atoms with E-state index in [1.54, 1.807) is 6.92 Å². The fourth-order valence-electron chi connectivity index (χ4n) is 1.50. The van der Waals surface area contributed by atoms with Gasteiger partial charge in [0.1, 0.15) is 11.5 Å². The molecule has 4 nitrogen and oxygen atoms in total. The summed E-state index contributed by atoms with van der Waals surface area (Å²) in [5.74, 6) is 0.257. The molecule has 0 bridgehead atoms. The second-order valence-corrected chi connectivity index (χ2v) is 4.70. The highest BCUT2D eigenvalue weighted by Crippen LogP contribution is 2.27. The van der Waals surface area contributed by atoms with Crippen molar-refractivity contribution in [3.63, 3.8) is 0 Å². The van der Waals surface area contributed by atoms with Gasteiger partial charge in [-0.2, -0.15) is 0 Å². The zero-order valence-corrected chi connectivity index (χ0v) is 10.6. The van der Waals surface area contributed by atoms with Crippen molar-refractivity contribution in [3.8, 4) is 11.5 Å². The van der Waals surface area contributed by atoms with Crippen molar-refractivity contribution < 1.29 is 15.3 Å². The average molecular weight is 239 g/mol. The van der Waals surface area contributed by atoms with Crippen molar-refractivity contribution >= 4 is 0 Å². The van der Waals surface area contributed by atoms with Crippen LogP contribution in [-0.4, -0.2) is 27.5 Å². The lowest BCUT2D eigenvalue weighted by Crippen LogP contribution is -2.38. The molecule has 96 valence electrons. The minimum absolute atomic E-state index is 0.119. The number of rotatable bonds is 5. The summed E-state index contributed by atoms with van der Waals surface area (Å²) in [4.78, 5) is 0. The Morgan fingerprint density at radius 3 is 2.59 bits per heavy atom. The first-order chi connectivity index (χ1) is 7.85. The third-order valence-electron chi connectivity index (χ3n) is 3.03. The monoisotopic (exact) mass is 239 g/mol. The van der Waals surface area contributed by atoms with Crippen LogP contribution in [0.25, 0.3) is 0 Å². The van der Waals surface area contributed by atoms with Gasteiger partial charge in [-0.15, -0.1) is 0 Å². The van der Waals surface area contributed by atoms with E-state index in [0.29, 0.717) is 18.5 Å². The summed E-state index contributed by atoms with van der Waals surface area (Å²) in [7, 11) is 0. The van der Waals surface area contributed by atoms with Crippen molar-refractivity contribution in [2.45, 2.75) is 38.8 Å². The number of hydrogen-bond donors (Lipinski definition) is 4. The van der Waals surface area contributed by atoms with Gasteiger partial charge in [0.15, 0.2) is 0 Å².